The molecule has 0 unspecified atom stereocenters. The standard InChI is InChI=1S/C20H25NO3/c1-14(6-7-15-8-10-18(22)11-9-15)21-17-12-16-4-3-5-19(23-2)20(16)24-13-17/h3-5,8-11,14,17,21-22H,6-7,12-13H2,1-2H3/t14-,17-/m0/s1. The average molecular weight is 327 g/mol. The lowest BCUT2D eigenvalue weighted by Gasteiger charge is -2.29. The van der Waals surface area contributed by atoms with Crippen molar-refractivity contribution in [3.63, 3.8) is 0 Å². The zero-order chi connectivity index (χ0) is 16.9. The molecule has 2 atom stereocenters. The molecule has 2 aromatic carbocycles. The van der Waals surface area contributed by atoms with E-state index in [-0.39, 0.29) is 0 Å². The zero-order valence-corrected chi connectivity index (χ0v) is 14.3. The van der Waals surface area contributed by atoms with Gasteiger partial charge in [0.25, 0.3) is 0 Å². The lowest BCUT2D eigenvalue weighted by Crippen LogP contribution is -2.44. The minimum absolute atomic E-state index is 0.318. The normalized spacial score (nSPS) is 17.7. The highest BCUT2D eigenvalue weighted by molar-refractivity contribution is 5.48. The van der Waals surface area contributed by atoms with Crippen molar-refractivity contribution >= 4 is 0 Å². The molecule has 0 saturated heterocycles. The van der Waals surface area contributed by atoms with E-state index in [1.807, 2.05) is 24.3 Å². The third kappa shape index (κ3) is 4.01. The number of phenolic OH excluding ortho intramolecular Hbond substituents is 1. The fourth-order valence-corrected chi connectivity index (χ4v) is 3.19. The number of fused-ring (bicyclic) bond motifs is 1. The summed E-state index contributed by atoms with van der Waals surface area (Å²) in [6.07, 6.45) is 2.99. The third-order valence-electron chi connectivity index (χ3n) is 4.50. The quantitative estimate of drug-likeness (QED) is 0.854. The number of ether oxygens (including phenoxy) is 2. The first kappa shape index (κ1) is 16.7. The second-order valence-corrected chi connectivity index (χ2v) is 6.43. The van der Waals surface area contributed by atoms with Crippen molar-refractivity contribution in [1.29, 1.82) is 0 Å². The van der Waals surface area contributed by atoms with Crippen LogP contribution in [0, 0.1) is 0 Å². The monoisotopic (exact) mass is 327 g/mol. The first-order valence-electron chi connectivity index (χ1n) is 8.48. The molecule has 0 spiro atoms. The van der Waals surface area contributed by atoms with Crippen LogP contribution in [0.4, 0.5) is 0 Å². The molecule has 0 saturated carbocycles. The molecule has 128 valence electrons. The van der Waals surface area contributed by atoms with Crippen molar-refractivity contribution in [3.05, 3.63) is 53.6 Å². The summed E-state index contributed by atoms with van der Waals surface area (Å²) in [4.78, 5) is 0. The summed E-state index contributed by atoms with van der Waals surface area (Å²) in [5, 5.41) is 13.0. The van der Waals surface area contributed by atoms with Gasteiger partial charge in [-0.05, 0) is 55.5 Å². The van der Waals surface area contributed by atoms with Gasteiger partial charge in [-0.3, -0.25) is 0 Å². The van der Waals surface area contributed by atoms with Crippen molar-refractivity contribution in [3.8, 4) is 17.2 Å². The molecule has 24 heavy (non-hydrogen) atoms. The Morgan fingerprint density at radius 2 is 2.04 bits per heavy atom. The molecule has 2 N–H and O–H groups in total. The van der Waals surface area contributed by atoms with Crippen LogP contribution in [0.25, 0.3) is 0 Å². The fourth-order valence-electron chi connectivity index (χ4n) is 3.19. The lowest BCUT2D eigenvalue weighted by atomic mass is 10.00. The summed E-state index contributed by atoms with van der Waals surface area (Å²) >= 11 is 0. The van der Waals surface area contributed by atoms with Crippen molar-refractivity contribution < 1.29 is 14.6 Å². The van der Waals surface area contributed by atoms with Crippen LogP contribution < -0.4 is 14.8 Å². The van der Waals surface area contributed by atoms with Crippen molar-refractivity contribution in [2.45, 2.75) is 38.3 Å². The lowest BCUT2D eigenvalue weighted by molar-refractivity contribution is 0.217. The second-order valence-electron chi connectivity index (χ2n) is 6.43. The molecular weight excluding hydrogens is 302 g/mol. The van der Waals surface area contributed by atoms with Crippen LogP contribution in [0.1, 0.15) is 24.5 Å². The first-order chi connectivity index (χ1) is 11.7. The van der Waals surface area contributed by atoms with Crippen LogP contribution in [0.2, 0.25) is 0 Å². The van der Waals surface area contributed by atoms with Crippen LogP contribution in [0.3, 0.4) is 0 Å². The molecule has 1 heterocycles. The van der Waals surface area contributed by atoms with Crippen molar-refractivity contribution in [1.82, 2.24) is 5.32 Å². The van der Waals surface area contributed by atoms with Gasteiger partial charge in [0, 0.05) is 12.1 Å². The van der Waals surface area contributed by atoms with E-state index in [4.69, 9.17) is 9.47 Å². The van der Waals surface area contributed by atoms with Gasteiger partial charge in [-0.1, -0.05) is 24.3 Å². The number of nitrogens with one attached hydrogen (secondary N) is 1. The fraction of sp³-hybridized carbons (Fsp3) is 0.400. The van der Waals surface area contributed by atoms with Gasteiger partial charge in [0.1, 0.15) is 12.4 Å². The number of aromatic hydroxyl groups is 1. The number of para-hydroxylation sites is 1. The SMILES string of the molecule is COc1cccc2c1OC[C@@H](N[C@@H](C)CCc1ccc(O)cc1)C2. The minimum Gasteiger partial charge on any atom is -0.508 e. The minimum atomic E-state index is 0.318. The molecule has 2 aromatic rings. The predicted molar refractivity (Wildman–Crippen MR) is 95.0 cm³/mol. The molecular formula is C20H25NO3. The Balaban J connectivity index is 1.52. The maximum Gasteiger partial charge on any atom is 0.164 e. The summed E-state index contributed by atoms with van der Waals surface area (Å²) in [5.74, 6) is 2.01. The molecule has 4 heteroatoms. The van der Waals surface area contributed by atoms with E-state index in [2.05, 4.69) is 18.3 Å². The Morgan fingerprint density at radius 3 is 2.79 bits per heavy atom. The molecule has 1 aliphatic rings. The second kappa shape index (κ2) is 7.58. The van der Waals surface area contributed by atoms with Crippen molar-refractivity contribution in [2.75, 3.05) is 13.7 Å². The number of hydrogen-bond acceptors (Lipinski definition) is 4. The van der Waals surface area contributed by atoms with Crippen molar-refractivity contribution in [2.24, 2.45) is 0 Å². The molecule has 0 aromatic heterocycles. The van der Waals surface area contributed by atoms with Crippen LogP contribution in [0.15, 0.2) is 42.5 Å². The molecule has 0 bridgehead atoms. The highest BCUT2D eigenvalue weighted by Gasteiger charge is 2.23. The Morgan fingerprint density at radius 1 is 1.25 bits per heavy atom. The van der Waals surface area contributed by atoms with Gasteiger partial charge in [-0.25, -0.2) is 0 Å². The van der Waals surface area contributed by atoms with Crippen LogP contribution in [0.5, 0.6) is 17.2 Å². The van der Waals surface area contributed by atoms with Crippen LogP contribution >= 0.6 is 0 Å². The van der Waals surface area contributed by atoms with Gasteiger partial charge in [0.05, 0.1) is 7.11 Å². The van der Waals surface area contributed by atoms with E-state index < -0.39 is 0 Å². The predicted octanol–water partition coefficient (Wildman–Crippen LogP) is 3.32. The zero-order valence-electron chi connectivity index (χ0n) is 14.3. The van der Waals surface area contributed by atoms with E-state index >= 15 is 0 Å². The summed E-state index contributed by atoms with van der Waals surface area (Å²) < 4.78 is 11.3. The summed E-state index contributed by atoms with van der Waals surface area (Å²) in [6.45, 7) is 2.87. The number of rotatable bonds is 6. The van der Waals surface area contributed by atoms with E-state index in [1.54, 1.807) is 19.2 Å². The number of methoxy groups -OCH3 is 1. The largest absolute Gasteiger partial charge is 0.508 e. The Hall–Kier alpha value is -2.20. The summed E-state index contributed by atoms with van der Waals surface area (Å²) in [7, 11) is 1.68. The molecule has 0 amide bonds. The Bertz CT molecular complexity index is 669. The highest BCUT2D eigenvalue weighted by Crippen LogP contribution is 2.34. The summed E-state index contributed by atoms with van der Waals surface area (Å²) in [5.41, 5.74) is 2.44. The molecule has 3 rings (SSSR count). The Labute approximate surface area is 143 Å². The van der Waals surface area contributed by atoms with Gasteiger partial charge in [0.15, 0.2) is 11.5 Å². The summed E-state index contributed by atoms with van der Waals surface area (Å²) in [6, 6.07) is 14.2. The number of hydrogen-bond donors (Lipinski definition) is 2. The van der Waals surface area contributed by atoms with Gasteiger partial charge < -0.3 is 19.9 Å². The van der Waals surface area contributed by atoms with Gasteiger partial charge in [-0.15, -0.1) is 0 Å². The number of aryl methyl sites for hydroxylation is 1. The van der Waals surface area contributed by atoms with E-state index in [0.29, 0.717) is 24.4 Å². The van der Waals surface area contributed by atoms with Gasteiger partial charge in [-0.2, -0.15) is 0 Å². The average Bonchev–Trinajstić information content (AvgIpc) is 2.60. The van der Waals surface area contributed by atoms with E-state index in [0.717, 1.165) is 30.8 Å². The topological polar surface area (TPSA) is 50.7 Å². The highest BCUT2D eigenvalue weighted by atomic mass is 16.5. The molecule has 0 fully saturated rings. The van der Waals surface area contributed by atoms with Crippen LogP contribution in [-0.4, -0.2) is 30.9 Å². The number of benzene rings is 2. The maximum atomic E-state index is 9.33. The molecule has 0 aliphatic carbocycles. The first-order valence-corrected chi connectivity index (χ1v) is 8.48. The van der Waals surface area contributed by atoms with E-state index in [9.17, 15) is 5.11 Å². The third-order valence-corrected chi connectivity index (χ3v) is 4.50. The van der Waals surface area contributed by atoms with Gasteiger partial charge in [0.2, 0.25) is 0 Å². The molecule has 4 nitrogen and oxygen atoms in total. The molecule has 0 radical (unpaired) electrons. The Kier molecular flexibility index (Phi) is 5.26. The maximum absolute atomic E-state index is 9.33. The molecule has 1 aliphatic heterocycles. The van der Waals surface area contributed by atoms with E-state index in [1.165, 1.54) is 11.1 Å². The van der Waals surface area contributed by atoms with Gasteiger partial charge >= 0.3 is 0 Å². The van der Waals surface area contributed by atoms with Crippen LogP contribution in [-0.2, 0) is 12.8 Å². The smallest absolute Gasteiger partial charge is 0.164 e. The number of phenols is 1.